The van der Waals surface area contributed by atoms with Crippen molar-refractivity contribution in [2.75, 3.05) is 11.5 Å². The molecule has 140 valence electrons. The Hall–Kier alpha value is 0.334. The molecule has 0 heterocycles. The van der Waals surface area contributed by atoms with E-state index < -0.39 is 0 Å². The summed E-state index contributed by atoms with van der Waals surface area (Å²) in [5.41, 5.74) is 2.85. The van der Waals surface area contributed by atoms with Crippen molar-refractivity contribution in [2.45, 2.75) is 47.3 Å². The molecule has 0 aliphatic rings. The van der Waals surface area contributed by atoms with E-state index in [2.05, 4.69) is 62.4 Å². The van der Waals surface area contributed by atoms with Gasteiger partial charge in [0.15, 0.2) is 0 Å². The Bertz CT molecular complexity index is 530. The molecule has 25 heavy (non-hydrogen) atoms. The van der Waals surface area contributed by atoms with Crippen LogP contribution < -0.4 is 0 Å². The monoisotopic (exact) mass is 452 g/mol. The predicted molar refractivity (Wildman–Crippen MR) is 118 cm³/mol. The molecule has 0 aromatic heterocycles. The summed E-state index contributed by atoms with van der Waals surface area (Å²) < 4.78 is 0. The van der Waals surface area contributed by atoms with Crippen LogP contribution >= 0.6 is 43.2 Å². The Labute approximate surface area is 175 Å². The van der Waals surface area contributed by atoms with Crippen LogP contribution in [-0.4, -0.2) is 11.5 Å². The Morgan fingerprint density at radius 1 is 0.640 bits per heavy atom. The minimum atomic E-state index is 1.10. The van der Waals surface area contributed by atoms with Gasteiger partial charge in [-0.1, -0.05) is 0 Å². The van der Waals surface area contributed by atoms with E-state index in [0.29, 0.717) is 0 Å². The van der Waals surface area contributed by atoms with Crippen LogP contribution in [0, 0.1) is 0 Å². The summed E-state index contributed by atoms with van der Waals surface area (Å²) in [6.45, 7) is 4.46. The third-order valence-electron chi connectivity index (χ3n) is 3.15. The third-order valence-corrected chi connectivity index (χ3v) is 9.62. The number of benzene rings is 2. The molecule has 0 saturated carbocycles. The Balaban J connectivity index is 1.69. The molecule has 0 bridgehead atoms. The molecular weight excluding hydrogens is 427 g/mol. The summed E-state index contributed by atoms with van der Waals surface area (Å²) in [6.07, 6.45) is 2.48. The Kier molecular flexibility index (Phi) is 11.7. The molecule has 0 unspecified atom stereocenters. The molecule has 0 radical (unpaired) electrons. The van der Waals surface area contributed by atoms with E-state index in [1.807, 2.05) is 43.2 Å². The van der Waals surface area contributed by atoms with Gasteiger partial charge in [-0.3, -0.25) is 0 Å². The molecule has 2 aromatic carbocycles. The molecule has 0 spiro atoms. The van der Waals surface area contributed by atoms with Gasteiger partial charge in [0.25, 0.3) is 0 Å². The van der Waals surface area contributed by atoms with Crippen LogP contribution in [-0.2, 0) is 25.2 Å². The zero-order valence-corrected chi connectivity index (χ0v) is 19.1. The van der Waals surface area contributed by atoms with E-state index in [-0.39, 0.29) is 0 Å². The molecule has 0 amide bonds. The van der Waals surface area contributed by atoms with Crippen LogP contribution in [0.1, 0.15) is 37.8 Å². The Morgan fingerprint density at radius 2 is 1.04 bits per heavy atom. The Morgan fingerprint density at radius 3 is 1.40 bits per heavy atom. The fourth-order valence-electron chi connectivity index (χ4n) is 1.85. The van der Waals surface area contributed by atoms with Gasteiger partial charge >= 0.3 is 176 Å². The van der Waals surface area contributed by atoms with Gasteiger partial charge in [0.1, 0.15) is 0 Å². The van der Waals surface area contributed by atoms with Crippen molar-refractivity contribution in [2.24, 2.45) is 0 Å². The van der Waals surface area contributed by atoms with Crippen LogP contribution in [0.15, 0.2) is 58.3 Å². The SMILES string of the molecule is CCCSSc1ccc([CH2][Ni][CH2]c2ccc(SSCCC)cc2)cc1. The zero-order valence-electron chi connectivity index (χ0n) is 14.8. The normalized spacial score (nSPS) is 11.1. The van der Waals surface area contributed by atoms with Crippen LogP contribution in [0.4, 0.5) is 0 Å². The molecule has 0 fully saturated rings. The topological polar surface area (TPSA) is 0 Å². The van der Waals surface area contributed by atoms with Crippen molar-refractivity contribution in [3.05, 3.63) is 59.7 Å². The van der Waals surface area contributed by atoms with Crippen LogP contribution in [0.5, 0.6) is 0 Å². The van der Waals surface area contributed by atoms with Gasteiger partial charge in [-0.05, 0) is 0 Å². The molecule has 5 heteroatoms. The maximum absolute atomic E-state index is 2.28. The van der Waals surface area contributed by atoms with Crippen molar-refractivity contribution in [1.82, 2.24) is 0 Å². The molecular formula is C20H26NiS4. The van der Waals surface area contributed by atoms with Gasteiger partial charge in [0, 0.05) is 0 Å². The first-order valence-corrected chi connectivity index (χ1v) is 14.6. The second-order valence-electron chi connectivity index (χ2n) is 5.48. The molecule has 2 aromatic rings. The van der Waals surface area contributed by atoms with Crippen molar-refractivity contribution < 1.29 is 14.4 Å². The van der Waals surface area contributed by atoms with Crippen LogP contribution in [0.2, 0.25) is 0 Å². The third kappa shape index (κ3) is 9.19. The molecule has 0 saturated heterocycles. The first-order valence-electron chi connectivity index (χ1n) is 8.53. The summed E-state index contributed by atoms with van der Waals surface area (Å²) in [7, 11) is 7.67. The quantitative estimate of drug-likeness (QED) is 0.183. The second-order valence-corrected chi connectivity index (χ2v) is 11.7. The van der Waals surface area contributed by atoms with Gasteiger partial charge < -0.3 is 0 Å². The summed E-state index contributed by atoms with van der Waals surface area (Å²) in [4.78, 5) is 2.73. The van der Waals surface area contributed by atoms with Gasteiger partial charge in [0.05, 0.1) is 0 Å². The summed E-state index contributed by atoms with van der Waals surface area (Å²) in [5.74, 6) is 2.44. The number of hydrogen-bond donors (Lipinski definition) is 0. The summed E-state index contributed by atoms with van der Waals surface area (Å²) in [5, 5.41) is 2.20. The molecule has 0 atom stereocenters. The second kappa shape index (κ2) is 13.5. The molecule has 0 nitrogen and oxygen atoms in total. The van der Waals surface area contributed by atoms with Crippen molar-refractivity contribution in [3.8, 4) is 0 Å². The first-order chi connectivity index (χ1) is 12.3. The summed E-state index contributed by atoms with van der Waals surface area (Å²) >= 11 is 1.80. The molecule has 0 N–H and O–H groups in total. The number of rotatable bonds is 12. The van der Waals surface area contributed by atoms with Gasteiger partial charge in [-0.25, -0.2) is 0 Å². The predicted octanol–water partition coefficient (Wildman–Crippen LogP) is 7.77. The fraction of sp³-hybridized carbons (Fsp3) is 0.400. The van der Waals surface area contributed by atoms with Crippen LogP contribution in [0.25, 0.3) is 0 Å². The van der Waals surface area contributed by atoms with Gasteiger partial charge in [0.2, 0.25) is 0 Å². The van der Waals surface area contributed by atoms with Crippen LogP contribution in [0.3, 0.4) is 0 Å². The van der Waals surface area contributed by atoms with E-state index in [9.17, 15) is 0 Å². The van der Waals surface area contributed by atoms with Gasteiger partial charge in [-0.15, -0.1) is 0 Å². The fourth-order valence-corrected chi connectivity index (χ4v) is 7.26. The van der Waals surface area contributed by atoms with Crippen molar-refractivity contribution in [3.63, 3.8) is 0 Å². The zero-order chi connectivity index (χ0) is 17.7. The summed E-state index contributed by atoms with van der Waals surface area (Å²) in [6, 6.07) is 18.1. The van der Waals surface area contributed by atoms with E-state index in [4.69, 9.17) is 0 Å². The van der Waals surface area contributed by atoms with E-state index in [1.54, 1.807) is 14.4 Å². The van der Waals surface area contributed by atoms with E-state index in [0.717, 1.165) is 10.8 Å². The van der Waals surface area contributed by atoms with E-state index in [1.165, 1.54) is 45.3 Å². The average Bonchev–Trinajstić information content (AvgIpc) is 2.65. The molecule has 2 rings (SSSR count). The minimum absolute atomic E-state index is 1.10. The van der Waals surface area contributed by atoms with Gasteiger partial charge in [-0.2, -0.15) is 0 Å². The molecule has 0 aliphatic heterocycles. The number of hydrogen-bond acceptors (Lipinski definition) is 4. The van der Waals surface area contributed by atoms with E-state index >= 15 is 0 Å². The molecule has 0 aliphatic carbocycles. The first kappa shape index (κ1) is 21.6. The maximum atomic E-state index is 2.28. The average molecular weight is 453 g/mol. The van der Waals surface area contributed by atoms with Crippen molar-refractivity contribution >= 4 is 43.2 Å². The standard InChI is InChI=1S/2C10H13S2.Ni/c2*1-3-8-11-12-10-6-4-9(2)5-7-10;/h2*4-7H,2-3,8H2,1H3;. The van der Waals surface area contributed by atoms with Crippen molar-refractivity contribution in [1.29, 1.82) is 0 Å².